The van der Waals surface area contributed by atoms with Crippen LogP contribution >= 0.6 is 0 Å². The van der Waals surface area contributed by atoms with Crippen molar-refractivity contribution < 1.29 is 18.7 Å². The lowest BCUT2D eigenvalue weighted by atomic mass is 9.94. The van der Waals surface area contributed by atoms with Crippen molar-refractivity contribution in [2.45, 2.75) is 24.8 Å². The Balaban J connectivity index is 1.47. The van der Waals surface area contributed by atoms with Crippen LogP contribution in [0.1, 0.15) is 24.0 Å². The van der Waals surface area contributed by atoms with Gasteiger partial charge in [-0.15, -0.1) is 0 Å². The van der Waals surface area contributed by atoms with Gasteiger partial charge in [0.05, 0.1) is 5.41 Å². The van der Waals surface area contributed by atoms with E-state index < -0.39 is 5.41 Å². The summed E-state index contributed by atoms with van der Waals surface area (Å²) in [6.45, 7) is 0.604. The minimum Gasteiger partial charge on any atom is -0.454 e. The summed E-state index contributed by atoms with van der Waals surface area (Å²) in [6.07, 6.45) is 1.36. The van der Waals surface area contributed by atoms with Crippen LogP contribution in [0.4, 0.5) is 4.39 Å². The van der Waals surface area contributed by atoms with Gasteiger partial charge in [0.15, 0.2) is 11.5 Å². The zero-order valence-electron chi connectivity index (χ0n) is 12.5. The first-order valence-electron chi connectivity index (χ1n) is 7.61. The van der Waals surface area contributed by atoms with E-state index in [2.05, 4.69) is 5.32 Å². The van der Waals surface area contributed by atoms with Crippen molar-refractivity contribution in [2.24, 2.45) is 0 Å². The summed E-state index contributed by atoms with van der Waals surface area (Å²) in [5, 5.41) is 2.92. The molecule has 5 heteroatoms. The minimum atomic E-state index is -0.707. The van der Waals surface area contributed by atoms with E-state index in [1.54, 1.807) is 18.2 Å². The second kappa shape index (κ2) is 5.26. The molecule has 2 aliphatic rings. The molecule has 0 atom stereocenters. The molecule has 1 heterocycles. The largest absolute Gasteiger partial charge is 0.454 e. The highest BCUT2D eigenvalue weighted by molar-refractivity contribution is 5.91. The SMILES string of the molecule is O=C(NCc1ccc2c(c1)OCO2)C1(c2ccccc2F)CC1. The summed E-state index contributed by atoms with van der Waals surface area (Å²) in [5.74, 6) is 0.959. The van der Waals surface area contributed by atoms with Crippen molar-refractivity contribution in [3.63, 3.8) is 0 Å². The summed E-state index contributed by atoms with van der Waals surface area (Å²) >= 11 is 0. The Labute approximate surface area is 133 Å². The Bertz CT molecular complexity index is 771. The van der Waals surface area contributed by atoms with Gasteiger partial charge in [-0.05, 0) is 36.6 Å². The molecule has 1 saturated carbocycles. The first-order valence-corrected chi connectivity index (χ1v) is 7.61. The molecule has 4 rings (SSSR count). The molecule has 118 valence electrons. The predicted octanol–water partition coefficient (Wildman–Crippen LogP) is 2.90. The molecule has 23 heavy (non-hydrogen) atoms. The summed E-state index contributed by atoms with van der Waals surface area (Å²) < 4.78 is 24.6. The molecule has 0 saturated heterocycles. The van der Waals surface area contributed by atoms with Crippen LogP contribution in [0.2, 0.25) is 0 Å². The third-order valence-corrected chi connectivity index (χ3v) is 4.46. The van der Waals surface area contributed by atoms with Crippen LogP contribution in [0.15, 0.2) is 42.5 Å². The van der Waals surface area contributed by atoms with Crippen molar-refractivity contribution in [3.8, 4) is 11.5 Å². The van der Waals surface area contributed by atoms with Gasteiger partial charge < -0.3 is 14.8 Å². The van der Waals surface area contributed by atoms with Gasteiger partial charge >= 0.3 is 0 Å². The third-order valence-electron chi connectivity index (χ3n) is 4.46. The molecule has 2 aromatic rings. The van der Waals surface area contributed by atoms with Gasteiger partial charge in [-0.3, -0.25) is 4.79 Å². The highest BCUT2D eigenvalue weighted by Gasteiger charge is 2.52. The first-order chi connectivity index (χ1) is 11.2. The number of amides is 1. The maximum Gasteiger partial charge on any atom is 0.231 e. The smallest absolute Gasteiger partial charge is 0.231 e. The zero-order chi connectivity index (χ0) is 15.9. The van der Waals surface area contributed by atoms with E-state index in [1.165, 1.54) is 6.07 Å². The molecule has 1 aliphatic heterocycles. The van der Waals surface area contributed by atoms with Gasteiger partial charge in [-0.1, -0.05) is 24.3 Å². The third kappa shape index (κ3) is 2.42. The second-order valence-corrected chi connectivity index (χ2v) is 5.93. The van der Waals surface area contributed by atoms with E-state index >= 15 is 0 Å². The van der Waals surface area contributed by atoms with Gasteiger partial charge in [-0.2, -0.15) is 0 Å². The molecule has 0 radical (unpaired) electrons. The number of fused-ring (bicyclic) bond motifs is 1. The minimum absolute atomic E-state index is 0.125. The summed E-state index contributed by atoms with van der Waals surface area (Å²) in [5.41, 5.74) is 0.705. The van der Waals surface area contributed by atoms with Crippen molar-refractivity contribution >= 4 is 5.91 Å². The number of hydrogen-bond donors (Lipinski definition) is 1. The maximum absolute atomic E-state index is 14.0. The number of hydrogen-bond acceptors (Lipinski definition) is 3. The van der Waals surface area contributed by atoms with E-state index in [-0.39, 0.29) is 18.5 Å². The summed E-state index contributed by atoms with van der Waals surface area (Å²) in [6, 6.07) is 12.1. The molecule has 0 unspecified atom stereocenters. The van der Waals surface area contributed by atoms with Crippen molar-refractivity contribution in [2.75, 3.05) is 6.79 Å². The Hall–Kier alpha value is -2.56. The highest BCUT2D eigenvalue weighted by Crippen LogP contribution is 2.49. The lowest BCUT2D eigenvalue weighted by Gasteiger charge is -2.16. The quantitative estimate of drug-likeness (QED) is 0.944. The summed E-state index contributed by atoms with van der Waals surface area (Å²) in [4.78, 5) is 12.6. The molecule has 4 nitrogen and oxygen atoms in total. The molecule has 1 N–H and O–H groups in total. The van der Waals surface area contributed by atoms with Crippen LogP contribution in [0, 0.1) is 5.82 Å². The van der Waals surface area contributed by atoms with Crippen molar-refractivity contribution in [1.82, 2.24) is 5.32 Å². The Morgan fingerprint density at radius 3 is 2.70 bits per heavy atom. The molecular formula is C18H16FNO3. The van der Waals surface area contributed by atoms with Gasteiger partial charge in [0.2, 0.25) is 12.7 Å². The monoisotopic (exact) mass is 313 g/mol. The van der Waals surface area contributed by atoms with E-state index in [0.29, 0.717) is 36.4 Å². The molecule has 0 aromatic heterocycles. The Morgan fingerprint density at radius 1 is 1.13 bits per heavy atom. The van der Waals surface area contributed by atoms with Crippen LogP contribution in [-0.2, 0) is 16.8 Å². The number of halogens is 1. The van der Waals surface area contributed by atoms with Gasteiger partial charge in [0.1, 0.15) is 5.82 Å². The molecule has 1 aliphatic carbocycles. The van der Waals surface area contributed by atoms with E-state index in [0.717, 1.165) is 5.56 Å². The molecule has 1 amide bonds. The fraction of sp³-hybridized carbons (Fsp3) is 0.278. The average Bonchev–Trinajstić information content (AvgIpc) is 3.24. The normalized spacial score (nSPS) is 16.9. The standard InChI is InChI=1S/C18H16FNO3/c19-14-4-2-1-3-13(14)18(7-8-18)17(21)20-10-12-5-6-15-16(9-12)23-11-22-15/h1-6,9H,7-8,10-11H2,(H,20,21). The van der Waals surface area contributed by atoms with Gasteiger partial charge in [0, 0.05) is 12.1 Å². The Kier molecular flexibility index (Phi) is 3.22. The van der Waals surface area contributed by atoms with Gasteiger partial charge in [-0.25, -0.2) is 4.39 Å². The average molecular weight is 313 g/mol. The predicted molar refractivity (Wildman–Crippen MR) is 81.7 cm³/mol. The van der Waals surface area contributed by atoms with Crippen molar-refractivity contribution in [3.05, 3.63) is 59.4 Å². The number of benzene rings is 2. The zero-order valence-corrected chi connectivity index (χ0v) is 12.5. The molecule has 0 spiro atoms. The lowest BCUT2D eigenvalue weighted by molar-refractivity contribution is -0.123. The molecule has 0 bridgehead atoms. The number of ether oxygens (including phenoxy) is 2. The van der Waals surface area contributed by atoms with Crippen LogP contribution in [0.25, 0.3) is 0 Å². The molecule has 2 aromatic carbocycles. The number of rotatable bonds is 4. The number of nitrogens with one attached hydrogen (secondary N) is 1. The number of carbonyl (C=O) groups excluding carboxylic acids is 1. The van der Waals surface area contributed by atoms with Crippen LogP contribution in [0.3, 0.4) is 0 Å². The fourth-order valence-electron chi connectivity index (χ4n) is 3.00. The van der Waals surface area contributed by atoms with Crippen LogP contribution in [-0.4, -0.2) is 12.7 Å². The topological polar surface area (TPSA) is 47.6 Å². The maximum atomic E-state index is 14.0. The van der Waals surface area contributed by atoms with Gasteiger partial charge in [0.25, 0.3) is 0 Å². The lowest BCUT2D eigenvalue weighted by Crippen LogP contribution is -2.34. The molecule has 1 fully saturated rings. The second-order valence-electron chi connectivity index (χ2n) is 5.93. The van der Waals surface area contributed by atoms with E-state index in [9.17, 15) is 9.18 Å². The van der Waals surface area contributed by atoms with E-state index in [4.69, 9.17) is 9.47 Å². The number of carbonyl (C=O) groups is 1. The van der Waals surface area contributed by atoms with Crippen molar-refractivity contribution in [1.29, 1.82) is 0 Å². The summed E-state index contributed by atoms with van der Waals surface area (Å²) in [7, 11) is 0. The van der Waals surface area contributed by atoms with Crippen LogP contribution < -0.4 is 14.8 Å². The first kappa shape index (κ1) is 14.1. The fourth-order valence-corrected chi connectivity index (χ4v) is 3.00. The molecular weight excluding hydrogens is 297 g/mol. The van der Waals surface area contributed by atoms with E-state index in [1.807, 2.05) is 18.2 Å². The van der Waals surface area contributed by atoms with Crippen LogP contribution in [0.5, 0.6) is 11.5 Å². The Morgan fingerprint density at radius 2 is 1.91 bits per heavy atom. The highest BCUT2D eigenvalue weighted by atomic mass is 19.1.